The first-order chi connectivity index (χ1) is 8.54. The number of benzene rings is 1. The van der Waals surface area contributed by atoms with E-state index in [1.54, 1.807) is 7.11 Å². The first kappa shape index (κ1) is 14.5. The van der Waals surface area contributed by atoms with Gasteiger partial charge in [0.1, 0.15) is 5.75 Å². The zero-order chi connectivity index (χ0) is 13.5. The van der Waals surface area contributed by atoms with E-state index in [0.29, 0.717) is 6.54 Å². The summed E-state index contributed by atoms with van der Waals surface area (Å²) in [5.41, 5.74) is 6.89. The second-order valence-electron chi connectivity index (χ2n) is 4.66. The summed E-state index contributed by atoms with van der Waals surface area (Å²) in [5, 5.41) is 2.84. The molecule has 0 aliphatic carbocycles. The number of nitrogens with two attached hydrogens (primary N) is 1. The lowest BCUT2D eigenvalue weighted by molar-refractivity contribution is -0.123. The summed E-state index contributed by atoms with van der Waals surface area (Å²) < 4.78 is 5.14. The molecule has 0 bridgehead atoms. The molecule has 4 heteroatoms. The average Bonchev–Trinajstić information content (AvgIpc) is 2.37. The lowest BCUT2D eigenvalue weighted by Gasteiger charge is -2.15. The highest BCUT2D eigenvalue weighted by Gasteiger charge is 2.16. The van der Waals surface area contributed by atoms with Gasteiger partial charge in [-0.15, -0.1) is 0 Å². The molecule has 0 fully saturated rings. The van der Waals surface area contributed by atoms with Gasteiger partial charge in [-0.3, -0.25) is 4.79 Å². The third-order valence-corrected chi connectivity index (χ3v) is 2.87. The van der Waals surface area contributed by atoms with E-state index in [1.165, 1.54) is 0 Å². The molecule has 100 valence electrons. The molecule has 1 rings (SSSR count). The largest absolute Gasteiger partial charge is 0.497 e. The molecule has 3 N–H and O–H groups in total. The standard InChI is InChI=1S/C14H22N2O2/c1-10(2)13(15)14(17)16-8-7-11-5-4-6-12(9-11)18-3/h4-6,9-10,13H,7-8,15H2,1-3H3,(H,16,17). The van der Waals surface area contributed by atoms with E-state index in [-0.39, 0.29) is 11.8 Å². The SMILES string of the molecule is COc1cccc(CCNC(=O)C(N)C(C)C)c1. The fraction of sp³-hybridized carbons (Fsp3) is 0.500. The molecular weight excluding hydrogens is 228 g/mol. The van der Waals surface area contributed by atoms with E-state index < -0.39 is 6.04 Å². The highest BCUT2D eigenvalue weighted by molar-refractivity contribution is 5.81. The van der Waals surface area contributed by atoms with Crippen molar-refractivity contribution in [1.29, 1.82) is 0 Å². The Morgan fingerprint density at radius 3 is 2.78 bits per heavy atom. The molecule has 1 unspecified atom stereocenters. The van der Waals surface area contributed by atoms with Crippen LogP contribution < -0.4 is 15.8 Å². The number of nitrogens with one attached hydrogen (secondary N) is 1. The fourth-order valence-corrected chi connectivity index (χ4v) is 1.58. The molecule has 0 aliphatic heterocycles. The molecule has 0 radical (unpaired) electrons. The second-order valence-corrected chi connectivity index (χ2v) is 4.66. The molecule has 0 aromatic heterocycles. The van der Waals surface area contributed by atoms with Crippen molar-refractivity contribution in [3.63, 3.8) is 0 Å². The van der Waals surface area contributed by atoms with Crippen LogP contribution in [0.5, 0.6) is 5.75 Å². The van der Waals surface area contributed by atoms with Gasteiger partial charge in [0.05, 0.1) is 13.2 Å². The number of amides is 1. The minimum atomic E-state index is -0.435. The Kier molecular flexibility index (Phi) is 5.65. The van der Waals surface area contributed by atoms with Gasteiger partial charge in [-0.1, -0.05) is 26.0 Å². The van der Waals surface area contributed by atoms with Crippen molar-refractivity contribution in [3.05, 3.63) is 29.8 Å². The lowest BCUT2D eigenvalue weighted by Crippen LogP contribution is -2.44. The van der Waals surface area contributed by atoms with Gasteiger partial charge < -0.3 is 15.8 Å². The smallest absolute Gasteiger partial charge is 0.237 e. The van der Waals surface area contributed by atoms with Gasteiger partial charge in [0, 0.05) is 6.54 Å². The van der Waals surface area contributed by atoms with Gasteiger partial charge in [0.25, 0.3) is 0 Å². The molecule has 0 saturated carbocycles. The fourth-order valence-electron chi connectivity index (χ4n) is 1.58. The molecule has 0 heterocycles. The first-order valence-corrected chi connectivity index (χ1v) is 6.21. The van der Waals surface area contributed by atoms with Crippen LogP contribution in [0, 0.1) is 5.92 Å². The Morgan fingerprint density at radius 2 is 2.17 bits per heavy atom. The summed E-state index contributed by atoms with van der Waals surface area (Å²) in [5.74, 6) is 0.896. The van der Waals surface area contributed by atoms with Crippen molar-refractivity contribution < 1.29 is 9.53 Å². The molecule has 4 nitrogen and oxygen atoms in total. The number of ether oxygens (including phenoxy) is 1. The zero-order valence-corrected chi connectivity index (χ0v) is 11.3. The van der Waals surface area contributed by atoms with E-state index in [9.17, 15) is 4.79 Å². The van der Waals surface area contributed by atoms with Crippen LogP contribution in [0.1, 0.15) is 19.4 Å². The summed E-state index contributed by atoms with van der Waals surface area (Å²) in [6.45, 7) is 4.46. The van der Waals surface area contributed by atoms with E-state index in [0.717, 1.165) is 17.7 Å². The number of carbonyl (C=O) groups excluding carboxylic acids is 1. The highest BCUT2D eigenvalue weighted by atomic mass is 16.5. The highest BCUT2D eigenvalue weighted by Crippen LogP contribution is 2.12. The first-order valence-electron chi connectivity index (χ1n) is 6.21. The van der Waals surface area contributed by atoms with Crippen LogP contribution in [0.25, 0.3) is 0 Å². The van der Waals surface area contributed by atoms with Crippen LogP contribution in [-0.2, 0) is 11.2 Å². The number of hydrogen-bond acceptors (Lipinski definition) is 3. The molecule has 18 heavy (non-hydrogen) atoms. The number of methoxy groups -OCH3 is 1. The quantitative estimate of drug-likeness (QED) is 0.800. The van der Waals surface area contributed by atoms with Crippen molar-refractivity contribution in [2.24, 2.45) is 11.7 Å². The molecular formula is C14H22N2O2. The molecule has 1 atom stereocenters. The third kappa shape index (κ3) is 4.37. The Bertz CT molecular complexity index is 391. The van der Waals surface area contributed by atoms with Crippen LogP contribution >= 0.6 is 0 Å². The zero-order valence-electron chi connectivity index (χ0n) is 11.3. The maximum atomic E-state index is 11.6. The van der Waals surface area contributed by atoms with Crippen molar-refractivity contribution in [3.8, 4) is 5.75 Å². The molecule has 0 saturated heterocycles. The number of rotatable bonds is 6. The lowest BCUT2D eigenvalue weighted by atomic mass is 10.0. The Morgan fingerprint density at radius 1 is 1.44 bits per heavy atom. The van der Waals surface area contributed by atoms with Gasteiger partial charge in [-0.25, -0.2) is 0 Å². The van der Waals surface area contributed by atoms with E-state index in [4.69, 9.17) is 10.5 Å². The maximum Gasteiger partial charge on any atom is 0.237 e. The normalized spacial score (nSPS) is 12.3. The summed E-state index contributed by atoms with van der Waals surface area (Å²) in [7, 11) is 1.64. The van der Waals surface area contributed by atoms with Gasteiger partial charge in [0.2, 0.25) is 5.91 Å². The van der Waals surface area contributed by atoms with E-state index >= 15 is 0 Å². The van der Waals surface area contributed by atoms with Crippen LogP contribution in [0.3, 0.4) is 0 Å². The summed E-state index contributed by atoms with van der Waals surface area (Å²) in [4.78, 5) is 11.6. The molecule has 1 aromatic rings. The molecule has 1 amide bonds. The minimum absolute atomic E-state index is 0.0899. The summed E-state index contributed by atoms with van der Waals surface area (Å²) in [6.07, 6.45) is 0.772. The monoisotopic (exact) mass is 250 g/mol. The van der Waals surface area contributed by atoms with Crippen molar-refractivity contribution in [1.82, 2.24) is 5.32 Å². The van der Waals surface area contributed by atoms with E-state index in [1.807, 2.05) is 38.1 Å². The van der Waals surface area contributed by atoms with Crippen LogP contribution in [0.15, 0.2) is 24.3 Å². The van der Waals surface area contributed by atoms with Crippen LogP contribution in [-0.4, -0.2) is 25.6 Å². The van der Waals surface area contributed by atoms with Crippen LogP contribution in [0.2, 0.25) is 0 Å². The Hall–Kier alpha value is -1.55. The molecule has 0 spiro atoms. The molecule has 1 aromatic carbocycles. The van der Waals surface area contributed by atoms with E-state index in [2.05, 4.69) is 5.32 Å². The third-order valence-electron chi connectivity index (χ3n) is 2.87. The summed E-state index contributed by atoms with van der Waals surface area (Å²) in [6, 6.07) is 7.38. The van der Waals surface area contributed by atoms with Gasteiger partial charge in [-0.2, -0.15) is 0 Å². The minimum Gasteiger partial charge on any atom is -0.497 e. The predicted octanol–water partition coefficient (Wildman–Crippen LogP) is 1.34. The van der Waals surface area contributed by atoms with Gasteiger partial charge >= 0.3 is 0 Å². The average molecular weight is 250 g/mol. The van der Waals surface area contributed by atoms with Crippen molar-refractivity contribution in [2.45, 2.75) is 26.3 Å². The van der Waals surface area contributed by atoms with Crippen molar-refractivity contribution >= 4 is 5.91 Å². The predicted molar refractivity (Wildman–Crippen MR) is 72.5 cm³/mol. The topological polar surface area (TPSA) is 64.3 Å². The molecule has 0 aliphatic rings. The van der Waals surface area contributed by atoms with Crippen molar-refractivity contribution in [2.75, 3.05) is 13.7 Å². The Balaban J connectivity index is 2.39. The second kappa shape index (κ2) is 7.01. The van der Waals surface area contributed by atoms with Gasteiger partial charge in [0.15, 0.2) is 0 Å². The Labute approximate surface area is 109 Å². The van der Waals surface area contributed by atoms with Crippen LogP contribution in [0.4, 0.5) is 0 Å². The summed E-state index contributed by atoms with van der Waals surface area (Å²) >= 11 is 0. The maximum absolute atomic E-state index is 11.6. The number of hydrogen-bond donors (Lipinski definition) is 2. The number of carbonyl (C=O) groups is 1. The van der Waals surface area contributed by atoms with Gasteiger partial charge in [-0.05, 0) is 30.0 Å².